The lowest BCUT2D eigenvalue weighted by Crippen LogP contribution is -2.19. The van der Waals surface area contributed by atoms with Crippen LogP contribution in [0.2, 0.25) is 0 Å². The highest BCUT2D eigenvalue weighted by Gasteiger charge is 2.25. The van der Waals surface area contributed by atoms with Crippen LogP contribution < -0.4 is 5.32 Å². The third kappa shape index (κ3) is 4.02. The second-order valence-electron chi connectivity index (χ2n) is 6.72. The minimum absolute atomic E-state index is 0.128. The zero-order valence-corrected chi connectivity index (χ0v) is 17.5. The third-order valence-corrected chi connectivity index (χ3v) is 5.70. The van der Waals surface area contributed by atoms with Gasteiger partial charge in [0, 0.05) is 22.2 Å². The highest BCUT2D eigenvalue weighted by atomic mass is 32.2. The number of para-hydroxylation sites is 2. The Morgan fingerprint density at radius 2 is 1.90 bits per heavy atom. The molecule has 152 valence electrons. The van der Waals surface area contributed by atoms with Gasteiger partial charge >= 0.3 is 5.97 Å². The maximum absolute atomic E-state index is 12.5. The van der Waals surface area contributed by atoms with Crippen LogP contribution in [-0.4, -0.2) is 28.2 Å². The molecule has 0 aliphatic carbocycles. The van der Waals surface area contributed by atoms with E-state index < -0.39 is 0 Å². The molecule has 4 rings (SSSR count). The third-order valence-electron chi connectivity index (χ3n) is 4.79. The van der Waals surface area contributed by atoms with Crippen molar-refractivity contribution >= 4 is 51.5 Å². The summed E-state index contributed by atoms with van der Waals surface area (Å²) in [4.78, 5) is 29.7. The number of amides is 1. The molecule has 1 fully saturated rings. The predicted molar refractivity (Wildman–Crippen MR) is 121 cm³/mol. The number of thioether (sulfide) groups is 1. The smallest absolute Gasteiger partial charge is 0.325 e. The number of aliphatic imine (C=N–C) groups is 1. The number of hydrogen-bond donors (Lipinski definition) is 1. The van der Waals surface area contributed by atoms with E-state index >= 15 is 0 Å². The Morgan fingerprint density at radius 3 is 2.67 bits per heavy atom. The van der Waals surface area contributed by atoms with Crippen LogP contribution in [0.5, 0.6) is 0 Å². The molecule has 0 unspecified atom stereocenters. The zero-order valence-electron chi connectivity index (χ0n) is 16.7. The summed E-state index contributed by atoms with van der Waals surface area (Å²) >= 11 is 1.31. The van der Waals surface area contributed by atoms with E-state index in [0.717, 1.165) is 27.8 Å². The van der Waals surface area contributed by atoms with Crippen LogP contribution in [0.4, 0.5) is 5.69 Å². The van der Waals surface area contributed by atoms with Crippen LogP contribution in [0.3, 0.4) is 0 Å². The summed E-state index contributed by atoms with van der Waals surface area (Å²) in [5, 5.41) is 4.35. The molecule has 0 saturated carbocycles. The van der Waals surface area contributed by atoms with Crippen LogP contribution in [-0.2, 0) is 20.9 Å². The first-order valence-corrected chi connectivity index (χ1v) is 10.5. The topological polar surface area (TPSA) is 72.7 Å². The average molecular weight is 420 g/mol. The number of rotatable bonds is 5. The van der Waals surface area contributed by atoms with E-state index in [0.29, 0.717) is 16.7 Å². The molecule has 1 aliphatic heterocycles. The van der Waals surface area contributed by atoms with Gasteiger partial charge in [0.1, 0.15) is 6.54 Å². The van der Waals surface area contributed by atoms with E-state index in [-0.39, 0.29) is 18.4 Å². The molecular weight excluding hydrogens is 398 g/mol. The van der Waals surface area contributed by atoms with E-state index in [1.54, 1.807) is 6.92 Å². The Morgan fingerprint density at radius 1 is 1.17 bits per heavy atom. The monoisotopic (exact) mass is 419 g/mol. The fourth-order valence-electron chi connectivity index (χ4n) is 3.41. The van der Waals surface area contributed by atoms with Crippen molar-refractivity contribution in [3.63, 3.8) is 0 Å². The van der Waals surface area contributed by atoms with Crippen molar-refractivity contribution in [2.45, 2.75) is 20.4 Å². The van der Waals surface area contributed by atoms with Crippen LogP contribution in [0, 0.1) is 6.92 Å². The van der Waals surface area contributed by atoms with Gasteiger partial charge in [-0.15, -0.1) is 0 Å². The Bertz CT molecular complexity index is 1180. The molecule has 6 nitrogen and oxygen atoms in total. The van der Waals surface area contributed by atoms with Crippen molar-refractivity contribution in [2.75, 3.05) is 6.61 Å². The first kappa shape index (κ1) is 20.0. The minimum atomic E-state index is -0.286. The number of amidine groups is 1. The SMILES string of the molecule is CCOC(=O)Cn1c(C)c(/C=C2\SC(=Nc3ccccc3)NC2=O)c2ccccc21. The highest BCUT2D eigenvalue weighted by Crippen LogP contribution is 2.33. The normalized spacial score (nSPS) is 16.4. The zero-order chi connectivity index (χ0) is 21.1. The Hall–Kier alpha value is -3.32. The molecule has 0 bridgehead atoms. The molecule has 30 heavy (non-hydrogen) atoms. The number of nitrogens with zero attached hydrogens (tertiary/aromatic N) is 2. The molecule has 1 amide bonds. The number of fused-ring (bicyclic) bond motifs is 1. The molecule has 2 heterocycles. The number of esters is 1. The van der Waals surface area contributed by atoms with Gasteiger partial charge in [-0.05, 0) is 49.9 Å². The van der Waals surface area contributed by atoms with Crippen LogP contribution in [0.15, 0.2) is 64.5 Å². The molecule has 1 saturated heterocycles. The summed E-state index contributed by atoms with van der Waals surface area (Å²) in [6.45, 7) is 4.21. The molecule has 1 N–H and O–H groups in total. The van der Waals surface area contributed by atoms with Gasteiger partial charge < -0.3 is 14.6 Å². The number of ether oxygens (including phenoxy) is 1. The maximum Gasteiger partial charge on any atom is 0.325 e. The van der Waals surface area contributed by atoms with Gasteiger partial charge in [0.2, 0.25) is 0 Å². The summed E-state index contributed by atoms with van der Waals surface area (Å²) in [5.41, 5.74) is 3.52. The average Bonchev–Trinajstić information content (AvgIpc) is 3.21. The van der Waals surface area contributed by atoms with Crippen molar-refractivity contribution in [3.8, 4) is 0 Å². The van der Waals surface area contributed by atoms with Crippen LogP contribution >= 0.6 is 11.8 Å². The molecule has 7 heteroatoms. The lowest BCUT2D eigenvalue weighted by molar-refractivity contribution is -0.143. The van der Waals surface area contributed by atoms with Crippen molar-refractivity contribution in [1.82, 2.24) is 9.88 Å². The largest absolute Gasteiger partial charge is 0.465 e. The summed E-state index contributed by atoms with van der Waals surface area (Å²) < 4.78 is 7.05. The van der Waals surface area contributed by atoms with Crippen molar-refractivity contribution in [1.29, 1.82) is 0 Å². The second kappa shape index (κ2) is 8.59. The summed E-state index contributed by atoms with van der Waals surface area (Å²) in [6, 6.07) is 17.3. The molecule has 2 aromatic carbocycles. The first-order chi connectivity index (χ1) is 14.6. The molecule has 3 aromatic rings. The van der Waals surface area contributed by atoms with Crippen molar-refractivity contribution in [3.05, 3.63) is 70.8 Å². The van der Waals surface area contributed by atoms with Crippen LogP contribution in [0.25, 0.3) is 17.0 Å². The number of aromatic nitrogens is 1. The summed E-state index contributed by atoms with van der Waals surface area (Å²) in [7, 11) is 0. The minimum Gasteiger partial charge on any atom is -0.465 e. The molecule has 0 atom stereocenters. The summed E-state index contributed by atoms with van der Waals surface area (Å²) in [6.07, 6.45) is 1.87. The Kier molecular flexibility index (Phi) is 5.72. The Balaban J connectivity index is 1.70. The number of hydrogen-bond acceptors (Lipinski definition) is 5. The standard InChI is InChI=1S/C23H21N3O3S/c1-3-29-21(27)14-26-15(2)18(17-11-7-8-12-19(17)26)13-20-22(28)25-23(30-20)24-16-9-5-4-6-10-16/h4-13H,3,14H2,1-2H3,(H,24,25,28)/b20-13-. The predicted octanol–water partition coefficient (Wildman–Crippen LogP) is 4.40. The number of carbonyl (C=O) groups is 2. The molecular formula is C23H21N3O3S. The van der Waals surface area contributed by atoms with E-state index in [9.17, 15) is 9.59 Å². The number of nitrogens with one attached hydrogen (secondary N) is 1. The van der Waals surface area contributed by atoms with E-state index in [1.165, 1.54) is 11.8 Å². The number of benzene rings is 2. The first-order valence-electron chi connectivity index (χ1n) is 9.65. The molecule has 0 radical (unpaired) electrons. The van der Waals surface area contributed by atoms with Gasteiger partial charge in [-0.25, -0.2) is 4.99 Å². The molecule has 1 aromatic heterocycles. The highest BCUT2D eigenvalue weighted by molar-refractivity contribution is 8.18. The van der Waals surface area contributed by atoms with Gasteiger partial charge in [0.25, 0.3) is 5.91 Å². The number of carbonyl (C=O) groups excluding carboxylic acids is 2. The maximum atomic E-state index is 12.5. The lowest BCUT2D eigenvalue weighted by atomic mass is 10.1. The van der Waals surface area contributed by atoms with E-state index in [2.05, 4.69) is 10.3 Å². The fraction of sp³-hybridized carbons (Fsp3) is 0.174. The van der Waals surface area contributed by atoms with Gasteiger partial charge in [0.05, 0.1) is 17.2 Å². The lowest BCUT2D eigenvalue weighted by Gasteiger charge is -2.07. The van der Waals surface area contributed by atoms with Crippen molar-refractivity contribution in [2.24, 2.45) is 4.99 Å². The Labute approximate surface area is 178 Å². The molecule has 0 spiro atoms. The second-order valence-corrected chi connectivity index (χ2v) is 7.76. The quantitative estimate of drug-likeness (QED) is 0.491. The van der Waals surface area contributed by atoms with Gasteiger partial charge in [0.15, 0.2) is 5.17 Å². The van der Waals surface area contributed by atoms with Gasteiger partial charge in [-0.3, -0.25) is 9.59 Å². The van der Waals surface area contributed by atoms with Crippen molar-refractivity contribution < 1.29 is 14.3 Å². The van der Waals surface area contributed by atoms with Gasteiger partial charge in [-0.1, -0.05) is 36.4 Å². The molecule has 1 aliphatic rings. The van der Waals surface area contributed by atoms with E-state index in [1.807, 2.05) is 72.2 Å². The van der Waals surface area contributed by atoms with Gasteiger partial charge in [-0.2, -0.15) is 0 Å². The fourth-order valence-corrected chi connectivity index (χ4v) is 4.23. The van der Waals surface area contributed by atoms with Crippen LogP contribution in [0.1, 0.15) is 18.2 Å². The van der Waals surface area contributed by atoms with E-state index in [4.69, 9.17) is 4.74 Å². The summed E-state index contributed by atoms with van der Waals surface area (Å²) in [5.74, 6) is -0.470.